The zero-order valence-corrected chi connectivity index (χ0v) is 18.0. The molecule has 2 aromatic rings. The van der Waals surface area contributed by atoms with Crippen LogP contribution in [0.3, 0.4) is 0 Å². The fourth-order valence-electron chi connectivity index (χ4n) is 3.51. The van der Waals surface area contributed by atoms with Gasteiger partial charge in [0.15, 0.2) is 0 Å². The summed E-state index contributed by atoms with van der Waals surface area (Å²) >= 11 is 7.71. The zero-order chi connectivity index (χ0) is 19.3. The van der Waals surface area contributed by atoms with Gasteiger partial charge < -0.3 is 0 Å². The molecule has 2 aromatic carbocycles. The number of benzene rings is 2. The van der Waals surface area contributed by atoms with Crippen LogP contribution in [-0.4, -0.2) is 27.0 Å². The fourth-order valence-corrected chi connectivity index (χ4v) is 5.24. The Balaban J connectivity index is 1.63. The summed E-state index contributed by atoms with van der Waals surface area (Å²) in [6.07, 6.45) is 7.41. The summed E-state index contributed by atoms with van der Waals surface area (Å²) in [4.78, 5) is 0.263. The molecule has 0 radical (unpaired) electrons. The third kappa shape index (κ3) is 5.50. The maximum Gasteiger partial charge on any atom is 0.240 e. The minimum atomic E-state index is -3.51. The van der Waals surface area contributed by atoms with Crippen LogP contribution in [0.25, 0.3) is 0 Å². The minimum Gasteiger partial charge on any atom is -0.211 e. The average Bonchev–Trinajstić information content (AvgIpc) is 2.63. The smallest absolute Gasteiger partial charge is 0.211 e. The van der Waals surface area contributed by atoms with Gasteiger partial charge in [0.05, 0.1) is 4.90 Å². The largest absolute Gasteiger partial charge is 0.240 e. The van der Waals surface area contributed by atoms with Crippen molar-refractivity contribution < 1.29 is 8.42 Å². The van der Waals surface area contributed by atoms with Crippen LogP contribution in [0.15, 0.2) is 53.4 Å². The van der Waals surface area contributed by atoms with E-state index in [0.717, 1.165) is 37.9 Å². The molecule has 3 nitrogen and oxygen atoms in total. The van der Waals surface area contributed by atoms with Gasteiger partial charge in [0.2, 0.25) is 10.0 Å². The number of thioether (sulfide) groups is 1. The first kappa shape index (κ1) is 20.7. The molecular formula is C21H26ClNO2S2. The summed E-state index contributed by atoms with van der Waals surface area (Å²) in [6, 6.07) is 15.1. The molecule has 0 saturated heterocycles. The van der Waals surface area contributed by atoms with Gasteiger partial charge in [0.1, 0.15) is 0 Å². The van der Waals surface area contributed by atoms with E-state index in [2.05, 4.69) is 35.2 Å². The summed E-state index contributed by atoms with van der Waals surface area (Å²) in [6.45, 7) is 0.478. The third-order valence-corrected chi connectivity index (χ3v) is 7.65. The van der Waals surface area contributed by atoms with E-state index < -0.39 is 10.0 Å². The molecule has 27 heavy (non-hydrogen) atoms. The first-order valence-electron chi connectivity index (χ1n) is 9.25. The van der Waals surface area contributed by atoms with Gasteiger partial charge in [0, 0.05) is 11.6 Å². The van der Waals surface area contributed by atoms with Gasteiger partial charge in [-0.05, 0) is 78.5 Å². The van der Waals surface area contributed by atoms with Gasteiger partial charge in [-0.2, -0.15) is 11.8 Å². The van der Waals surface area contributed by atoms with Gasteiger partial charge >= 0.3 is 0 Å². The van der Waals surface area contributed by atoms with Crippen molar-refractivity contribution in [1.82, 2.24) is 4.72 Å². The Kier molecular flexibility index (Phi) is 6.90. The zero-order valence-electron chi connectivity index (χ0n) is 15.6. The fraction of sp³-hybridized carbons (Fsp3) is 0.429. The summed E-state index contributed by atoms with van der Waals surface area (Å²) in [5.41, 5.74) is 2.67. The third-order valence-electron chi connectivity index (χ3n) is 5.37. The number of hydrogen-bond donors (Lipinski definition) is 1. The van der Waals surface area contributed by atoms with Gasteiger partial charge in [-0.25, -0.2) is 13.1 Å². The molecule has 0 spiro atoms. The summed E-state index contributed by atoms with van der Waals surface area (Å²) < 4.78 is 28.0. The molecular weight excluding hydrogens is 398 g/mol. The van der Waals surface area contributed by atoms with Crippen molar-refractivity contribution in [2.45, 2.75) is 37.0 Å². The van der Waals surface area contributed by atoms with Gasteiger partial charge in [-0.3, -0.25) is 0 Å². The van der Waals surface area contributed by atoms with E-state index in [1.165, 1.54) is 11.1 Å². The number of hydrogen-bond acceptors (Lipinski definition) is 3. The Bertz CT molecular complexity index is 845. The van der Waals surface area contributed by atoms with E-state index >= 15 is 0 Å². The van der Waals surface area contributed by atoms with Crippen molar-refractivity contribution in [1.29, 1.82) is 0 Å². The van der Waals surface area contributed by atoms with E-state index in [1.807, 2.05) is 11.8 Å². The molecule has 1 fully saturated rings. The van der Waals surface area contributed by atoms with Crippen LogP contribution in [0.4, 0.5) is 0 Å². The highest BCUT2D eigenvalue weighted by Crippen LogP contribution is 2.43. The average molecular weight is 424 g/mol. The number of aryl methyl sites for hydroxylation is 1. The van der Waals surface area contributed by atoms with Crippen molar-refractivity contribution in [3.63, 3.8) is 0 Å². The van der Waals surface area contributed by atoms with E-state index in [1.54, 1.807) is 24.3 Å². The molecule has 0 amide bonds. The molecule has 6 heteroatoms. The van der Waals surface area contributed by atoms with E-state index in [-0.39, 0.29) is 10.3 Å². The van der Waals surface area contributed by atoms with Crippen molar-refractivity contribution in [2.75, 3.05) is 18.6 Å². The van der Waals surface area contributed by atoms with E-state index in [0.29, 0.717) is 11.6 Å². The van der Waals surface area contributed by atoms with Crippen LogP contribution in [0.5, 0.6) is 0 Å². The van der Waals surface area contributed by atoms with Crippen LogP contribution in [0.1, 0.15) is 30.4 Å². The van der Waals surface area contributed by atoms with Crippen molar-refractivity contribution in [3.05, 3.63) is 64.7 Å². The number of halogens is 1. The van der Waals surface area contributed by atoms with Gasteiger partial charge in [0.25, 0.3) is 0 Å². The Morgan fingerprint density at radius 2 is 1.67 bits per heavy atom. The lowest BCUT2D eigenvalue weighted by Crippen LogP contribution is -2.43. The first-order valence-corrected chi connectivity index (χ1v) is 12.5. The predicted octanol–water partition coefficient (Wildman–Crippen LogP) is 4.94. The first-order chi connectivity index (χ1) is 12.9. The normalized spacial score (nSPS) is 16.1. The Morgan fingerprint density at radius 1 is 1.04 bits per heavy atom. The summed E-state index contributed by atoms with van der Waals surface area (Å²) in [5, 5.41) is 0.533. The highest BCUT2D eigenvalue weighted by atomic mass is 35.5. The molecule has 1 N–H and O–H groups in total. The number of sulfonamides is 1. The van der Waals surface area contributed by atoms with Crippen molar-refractivity contribution in [2.24, 2.45) is 5.41 Å². The standard InChI is InChI=1S/C21H26ClNO2S2/c1-26-14-11-17-3-5-18(6-4-17)15-21(12-2-13-21)16-23-27(24,25)20-9-7-19(22)8-10-20/h3-10,23H,2,11-16H2,1H3. The predicted molar refractivity (Wildman–Crippen MR) is 115 cm³/mol. The Hall–Kier alpha value is -1.01. The van der Waals surface area contributed by atoms with Crippen LogP contribution in [0, 0.1) is 5.41 Å². The Labute approximate surface area is 172 Å². The minimum absolute atomic E-state index is 0.0281. The van der Waals surface area contributed by atoms with Crippen LogP contribution >= 0.6 is 23.4 Å². The molecule has 0 aromatic heterocycles. The molecule has 0 unspecified atom stereocenters. The second-order valence-electron chi connectivity index (χ2n) is 7.37. The maximum atomic E-state index is 12.6. The SMILES string of the molecule is CSCCc1ccc(CC2(CNS(=O)(=O)c3ccc(Cl)cc3)CCC2)cc1. The molecule has 3 rings (SSSR count). The van der Waals surface area contributed by atoms with E-state index in [9.17, 15) is 8.42 Å². The number of nitrogens with one attached hydrogen (secondary N) is 1. The highest BCUT2D eigenvalue weighted by molar-refractivity contribution is 7.98. The van der Waals surface area contributed by atoms with E-state index in [4.69, 9.17) is 11.6 Å². The molecule has 1 aliphatic carbocycles. The van der Waals surface area contributed by atoms with Crippen molar-refractivity contribution in [3.8, 4) is 0 Å². The highest BCUT2D eigenvalue weighted by Gasteiger charge is 2.38. The Morgan fingerprint density at radius 3 is 2.22 bits per heavy atom. The van der Waals surface area contributed by atoms with Crippen LogP contribution in [0.2, 0.25) is 5.02 Å². The van der Waals surface area contributed by atoms with Crippen LogP contribution < -0.4 is 4.72 Å². The molecule has 0 heterocycles. The van der Waals surface area contributed by atoms with Crippen molar-refractivity contribution >= 4 is 33.4 Å². The van der Waals surface area contributed by atoms with Crippen LogP contribution in [-0.2, 0) is 22.9 Å². The summed E-state index contributed by atoms with van der Waals surface area (Å²) in [5.74, 6) is 1.13. The monoisotopic (exact) mass is 423 g/mol. The number of rotatable bonds is 9. The summed E-state index contributed by atoms with van der Waals surface area (Å²) in [7, 11) is -3.51. The lowest BCUT2D eigenvalue weighted by Gasteiger charge is -2.42. The molecule has 0 bridgehead atoms. The molecule has 146 valence electrons. The molecule has 0 aliphatic heterocycles. The topological polar surface area (TPSA) is 46.2 Å². The molecule has 0 atom stereocenters. The van der Waals surface area contributed by atoms with Gasteiger partial charge in [-0.1, -0.05) is 42.3 Å². The lowest BCUT2D eigenvalue weighted by atomic mass is 9.65. The molecule has 1 saturated carbocycles. The maximum absolute atomic E-state index is 12.6. The lowest BCUT2D eigenvalue weighted by molar-refractivity contribution is 0.139. The second-order valence-corrected chi connectivity index (χ2v) is 10.6. The molecule has 1 aliphatic rings. The van der Waals surface area contributed by atoms with Gasteiger partial charge in [-0.15, -0.1) is 0 Å². The quantitative estimate of drug-likeness (QED) is 0.621. The second kappa shape index (κ2) is 8.99.